The van der Waals surface area contributed by atoms with Crippen molar-refractivity contribution >= 4 is 10.9 Å². The zero-order valence-electron chi connectivity index (χ0n) is 9.64. The van der Waals surface area contributed by atoms with Crippen molar-refractivity contribution in [3.05, 3.63) is 65.9 Å². The van der Waals surface area contributed by atoms with Gasteiger partial charge in [-0.25, -0.2) is 0 Å². The van der Waals surface area contributed by atoms with Gasteiger partial charge in [-0.1, -0.05) is 42.0 Å². The Kier molecular flexibility index (Phi) is 3.16. The number of fused-ring (bicyclic) bond motifs is 1. The van der Waals surface area contributed by atoms with E-state index < -0.39 is 0 Å². The molecule has 0 radical (unpaired) electrons. The summed E-state index contributed by atoms with van der Waals surface area (Å²) in [5, 5.41) is 1.17. The molecule has 0 spiro atoms. The predicted molar refractivity (Wildman–Crippen MR) is 68.8 cm³/mol. The molecule has 0 bridgehead atoms. The molecule has 16 heavy (non-hydrogen) atoms. The largest absolute Gasteiger partial charge is 0.253 e. The van der Waals surface area contributed by atoms with Crippen molar-refractivity contribution in [1.29, 1.82) is 0 Å². The van der Waals surface area contributed by atoms with Crippen LogP contribution in [0.2, 0.25) is 0 Å². The second-order valence-electron chi connectivity index (χ2n) is 3.92. The van der Waals surface area contributed by atoms with Gasteiger partial charge in [0.05, 0.1) is 5.52 Å². The van der Waals surface area contributed by atoms with Crippen LogP contribution in [-0.4, -0.2) is 4.98 Å². The number of nitrogens with zero attached hydrogens (tertiary/aromatic N) is 1. The summed E-state index contributed by atoms with van der Waals surface area (Å²) in [6.07, 6.45) is 0. The summed E-state index contributed by atoms with van der Waals surface area (Å²) >= 11 is 0. The third kappa shape index (κ3) is 2.57. The van der Waals surface area contributed by atoms with Gasteiger partial charge in [0.2, 0.25) is 0 Å². The normalized spacial score (nSPS) is 9.88. The molecule has 2 aromatic rings. The summed E-state index contributed by atoms with van der Waals surface area (Å²) in [4.78, 5) is 4.59. The van der Waals surface area contributed by atoms with Crippen LogP contribution in [0, 0.1) is 13.8 Å². The van der Waals surface area contributed by atoms with Gasteiger partial charge in [-0.2, -0.15) is 0 Å². The van der Waals surface area contributed by atoms with Crippen LogP contribution in [0.5, 0.6) is 0 Å². The molecule has 0 fully saturated rings. The van der Waals surface area contributed by atoms with Crippen molar-refractivity contribution in [2.24, 2.45) is 0 Å². The van der Waals surface area contributed by atoms with E-state index in [0.29, 0.717) is 0 Å². The predicted octanol–water partition coefficient (Wildman–Crippen LogP) is 3.98. The Labute approximate surface area is 96.1 Å². The van der Waals surface area contributed by atoms with Crippen LogP contribution in [0.4, 0.5) is 0 Å². The highest BCUT2D eigenvalue weighted by Gasteiger charge is 1.89. The maximum absolute atomic E-state index is 4.59. The van der Waals surface area contributed by atoms with Gasteiger partial charge in [0, 0.05) is 11.1 Å². The lowest BCUT2D eigenvalue weighted by Crippen LogP contribution is -1.78. The second-order valence-corrected chi connectivity index (χ2v) is 3.92. The molecule has 0 unspecified atom stereocenters. The number of aryl methyl sites for hydroxylation is 2. The standard InChI is InChI=1S/C15H15N/c1-12-7-3-4-8-13(2)16-15-10-6-5-9-14(15)11-12/h3-11H,1-2H3. The second kappa shape index (κ2) is 4.75. The van der Waals surface area contributed by atoms with Crippen LogP contribution in [0.25, 0.3) is 10.9 Å². The van der Waals surface area contributed by atoms with Crippen molar-refractivity contribution in [3.63, 3.8) is 0 Å². The van der Waals surface area contributed by atoms with Gasteiger partial charge in [0.1, 0.15) is 0 Å². The molecule has 0 saturated heterocycles. The summed E-state index contributed by atoms with van der Waals surface area (Å²) in [7, 11) is 0. The molecule has 1 nitrogen and oxygen atoms in total. The molecule has 0 aliphatic rings. The van der Waals surface area contributed by atoms with Gasteiger partial charge < -0.3 is 0 Å². The first kappa shape index (κ1) is 10.6. The smallest absolute Gasteiger partial charge is 0.0705 e. The van der Waals surface area contributed by atoms with Gasteiger partial charge in [-0.3, -0.25) is 4.98 Å². The Bertz CT molecular complexity index is 506. The van der Waals surface area contributed by atoms with Crippen LogP contribution >= 0.6 is 0 Å². The van der Waals surface area contributed by atoms with E-state index in [1.54, 1.807) is 0 Å². The summed E-state index contributed by atoms with van der Waals surface area (Å²) in [5.74, 6) is 0. The van der Waals surface area contributed by atoms with Crippen LogP contribution in [0.1, 0.15) is 11.3 Å². The molecule has 1 heteroatoms. The monoisotopic (exact) mass is 209 g/mol. The number of hydrogen-bond acceptors (Lipinski definition) is 1. The minimum Gasteiger partial charge on any atom is -0.253 e. The zero-order chi connectivity index (χ0) is 11.4. The molecular formula is C15H15N. The van der Waals surface area contributed by atoms with E-state index in [0.717, 1.165) is 11.2 Å². The SMILES string of the molecule is Cc1ccccc(C)nc2ccccc2c1. The summed E-state index contributed by atoms with van der Waals surface area (Å²) in [6, 6.07) is 18.5. The molecule has 0 N–H and O–H groups in total. The fraction of sp³-hybridized carbons (Fsp3) is 0.133. The quantitative estimate of drug-likeness (QED) is 0.639. The Morgan fingerprint density at radius 3 is 2.38 bits per heavy atom. The maximum atomic E-state index is 4.59. The molecule has 0 amide bonds. The first-order valence-electron chi connectivity index (χ1n) is 5.43. The maximum Gasteiger partial charge on any atom is 0.0705 e. The van der Waals surface area contributed by atoms with Crippen molar-refractivity contribution < 1.29 is 0 Å². The molecule has 2 rings (SSSR count). The molecular weight excluding hydrogens is 194 g/mol. The Hall–Kier alpha value is -1.89. The Morgan fingerprint density at radius 2 is 1.50 bits per heavy atom. The lowest BCUT2D eigenvalue weighted by Gasteiger charge is -1.94. The van der Waals surface area contributed by atoms with E-state index in [4.69, 9.17) is 0 Å². The van der Waals surface area contributed by atoms with Crippen LogP contribution in [-0.2, 0) is 0 Å². The molecule has 80 valence electrons. The first-order chi connectivity index (χ1) is 7.75. The Balaban J connectivity index is 2.86. The number of hydrogen-bond donors (Lipinski definition) is 0. The fourth-order valence-electron chi connectivity index (χ4n) is 1.63. The summed E-state index contributed by atoms with van der Waals surface area (Å²) < 4.78 is 0. The van der Waals surface area contributed by atoms with E-state index in [2.05, 4.69) is 30.1 Å². The highest BCUT2D eigenvalue weighted by atomic mass is 14.7. The highest BCUT2D eigenvalue weighted by molar-refractivity contribution is 5.77. The van der Waals surface area contributed by atoms with Gasteiger partial charge in [0.15, 0.2) is 0 Å². The molecule has 1 aromatic carbocycles. The van der Waals surface area contributed by atoms with Crippen LogP contribution in [0.15, 0.2) is 54.6 Å². The van der Waals surface area contributed by atoms with Gasteiger partial charge in [-0.05, 0) is 32.0 Å². The van der Waals surface area contributed by atoms with Crippen molar-refractivity contribution in [2.75, 3.05) is 0 Å². The molecule has 0 atom stereocenters. The number of aromatic nitrogens is 1. The first-order valence-corrected chi connectivity index (χ1v) is 5.43. The van der Waals surface area contributed by atoms with E-state index >= 15 is 0 Å². The zero-order valence-corrected chi connectivity index (χ0v) is 9.64. The minimum atomic E-state index is 1.02. The topological polar surface area (TPSA) is 12.9 Å². The van der Waals surface area contributed by atoms with E-state index in [9.17, 15) is 0 Å². The van der Waals surface area contributed by atoms with Crippen molar-refractivity contribution in [1.82, 2.24) is 4.98 Å². The average molecular weight is 209 g/mol. The lowest BCUT2D eigenvalue weighted by molar-refractivity contribution is 1.26. The van der Waals surface area contributed by atoms with E-state index in [-0.39, 0.29) is 0 Å². The van der Waals surface area contributed by atoms with Gasteiger partial charge >= 0.3 is 0 Å². The molecule has 0 aliphatic carbocycles. The number of benzene rings is 1. The number of rotatable bonds is 0. The van der Waals surface area contributed by atoms with E-state index in [1.807, 2.05) is 43.3 Å². The van der Waals surface area contributed by atoms with E-state index in [1.165, 1.54) is 10.9 Å². The van der Waals surface area contributed by atoms with Crippen molar-refractivity contribution in [2.45, 2.75) is 13.8 Å². The average Bonchev–Trinajstić information content (AvgIpc) is 2.27. The van der Waals surface area contributed by atoms with Crippen LogP contribution < -0.4 is 0 Å². The molecule has 0 saturated carbocycles. The summed E-state index contributed by atoms with van der Waals surface area (Å²) in [5.41, 5.74) is 3.27. The number of para-hydroxylation sites is 1. The molecule has 1 aromatic heterocycles. The molecule has 0 aliphatic heterocycles. The third-order valence-corrected chi connectivity index (χ3v) is 2.42. The molecule has 1 heterocycles. The summed E-state index contributed by atoms with van der Waals surface area (Å²) in [6.45, 7) is 4.11. The van der Waals surface area contributed by atoms with Crippen LogP contribution in [0.3, 0.4) is 0 Å². The lowest BCUT2D eigenvalue weighted by atomic mass is 10.2. The third-order valence-electron chi connectivity index (χ3n) is 2.42. The van der Waals surface area contributed by atoms with Gasteiger partial charge in [0.25, 0.3) is 0 Å². The van der Waals surface area contributed by atoms with Crippen molar-refractivity contribution in [3.8, 4) is 0 Å². The minimum absolute atomic E-state index is 1.02. The fourth-order valence-corrected chi connectivity index (χ4v) is 1.63. The highest BCUT2D eigenvalue weighted by Crippen LogP contribution is 2.09. The van der Waals surface area contributed by atoms with Gasteiger partial charge in [-0.15, -0.1) is 0 Å². The Morgan fingerprint density at radius 1 is 0.812 bits per heavy atom.